The van der Waals surface area contributed by atoms with Gasteiger partial charge in [0.25, 0.3) is 5.56 Å². The van der Waals surface area contributed by atoms with E-state index in [1.54, 1.807) is 27.8 Å². The summed E-state index contributed by atoms with van der Waals surface area (Å²) < 4.78 is 1.70. The third kappa shape index (κ3) is 3.44. The van der Waals surface area contributed by atoms with Gasteiger partial charge >= 0.3 is 0 Å². The molecule has 1 aliphatic rings. The number of aryl methyl sites for hydroxylation is 2. The number of benzene rings is 2. The van der Waals surface area contributed by atoms with E-state index in [0.717, 1.165) is 27.9 Å². The van der Waals surface area contributed by atoms with Crippen LogP contribution in [0.1, 0.15) is 30.8 Å². The molecule has 0 saturated carbocycles. The second-order valence-corrected chi connectivity index (χ2v) is 9.38. The zero-order valence-electron chi connectivity index (χ0n) is 19.7. The predicted molar refractivity (Wildman–Crippen MR) is 133 cm³/mol. The summed E-state index contributed by atoms with van der Waals surface area (Å²) in [5.41, 5.74) is 4.63. The van der Waals surface area contributed by atoms with Gasteiger partial charge in [-0.1, -0.05) is 18.2 Å². The average molecular weight is 455 g/mol. The first-order valence-electron chi connectivity index (χ1n) is 11.3. The number of nitrogens with zero attached hydrogens (tertiary/aromatic N) is 3. The highest BCUT2D eigenvalue weighted by atomic mass is 16.2. The Morgan fingerprint density at radius 1 is 0.971 bits per heavy atom. The van der Waals surface area contributed by atoms with E-state index in [-0.39, 0.29) is 17.0 Å². The molecule has 1 amide bonds. The standard InChI is InChI=1S/C27H26N4O3/c1-16-29-22-14-18(19-7-10-24(32)28-15-19)6-8-20(22)25(33)31(16)12-11-17-5-9-21-23(13-17)30(4)26(34)27(21,2)3/h5-10,13-15H,11-12H2,1-4H3,(H,28,32). The second-order valence-electron chi connectivity index (χ2n) is 9.38. The van der Waals surface area contributed by atoms with Crippen LogP contribution in [0.15, 0.2) is 64.3 Å². The lowest BCUT2D eigenvalue weighted by Gasteiger charge is -2.16. The van der Waals surface area contributed by atoms with Crippen LogP contribution >= 0.6 is 0 Å². The number of carbonyl (C=O) groups excluding carboxylic acids is 1. The highest BCUT2D eigenvalue weighted by molar-refractivity contribution is 6.07. The summed E-state index contributed by atoms with van der Waals surface area (Å²) in [6.45, 7) is 6.23. The molecule has 7 heteroatoms. The quantitative estimate of drug-likeness (QED) is 0.511. The number of aromatic amines is 1. The molecule has 34 heavy (non-hydrogen) atoms. The van der Waals surface area contributed by atoms with E-state index >= 15 is 0 Å². The van der Waals surface area contributed by atoms with Crippen LogP contribution in [-0.2, 0) is 23.2 Å². The summed E-state index contributed by atoms with van der Waals surface area (Å²) in [6, 6.07) is 14.9. The van der Waals surface area contributed by atoms with Crippen LogP contribution in [-0.4, -0.2) is 27.5 Å². The maximum absolute atomic E-state index is 13.3. The van der Waals surface area contributed by atoms with E-state index in [1.807, 2.05) is 58.2 Å². The molecule has 0 spiro atoms. The van der Waals surface area contributed by atoms with Gasteiger partial charge in [0.1, 0.15) is 5.82 Å². The van der Waals surface area contributed by atoms with Crippen molar-refractivity contribution in [3.63, 3.8) is 0 Å². The van der Waals surface area contributed by atoms with Crippen LogP contribution < -0.4 is 16.0 Å². The number of likely N-dealkylation sites (N-methyl/N-ethyl adjacent to an activating group) is 1. The van der Waals surface area contributed by atoms with Gasteiger partial charge in [0.15, 0.2) is 0 Å². The van der Waals surface area contributed by atoms with Crippen molar-refractivity contribution in [3.8, 4) is 11.1 Å². The van der Waals surface area contributed by atoms with Crippen LogP contribution in [0.2, 0.25) is 0 Å². The predicted octanol–water partition coefficient (Wildman–Crippen LogP) is 3.56. The Morgan fingerprint density at radius 2 is 1.74 bits per heavy atom. The number of aromatic nitrogens is 3. The molecule has 7 nitrogen and oxygen atoms in total. The number of nitrogens with one attached hydrogen (secondary N) is 1. The highest BCUT2D eigenvalue weighted by Crippen LogP contribution is 2.41. The summed E-state index contributed by atoms with van der Waals surface area (Å²) in [4.78, 5) is 46.2. The Labute approximate surface area is 196 Å². The van der Waals surface area contributed by atoms with Crippen LogP contribution in [0.4, 0.5) is 5.69 Å². The molecule has 172 valence electrons. The lowest BCUT2D eigenvalue weighted by Crippen LogP contribution is -2.33. The van der Waals surface area contributed by atoms with Crippen LogP contribution in [0, 0.1) is 6.92 Å². The number of rotatable bonds is 4. The lowest BCUT2D eigenvalue weighted by atomic mass is 9.86. The Hall–Kier alpha value is -4.00. The van der Waals surface area contributed by atoms with Crippen molar-refractivity contribution in [2.24, 2.45) is 0 Å². The SMILES string of the molecule is Cc1nc2cc(-c3ccc(=O)[nH]c3)ccc2c(=O)n1CCc1ccc2c(c1)N(C)C(=O)C2(C)C. The zero-order chi connectivity index (χ0) is 24.2. The number of hydrogen-bond acceptors (Lipinski definition) is 4. The Morgan fingerprint density at radius 3 is 2.47 bits per heavy atom. The van der Waals surface area contributed by atoms with Gasteiger partial charge in [-0.15, -0.1) is 0 Å². The number of carbonyl (C=O) groups is 1. The molecule has 0 bridgehead atoms. The lowest BCUT2D eigenvalue weighted by molar-refractivity contribution is -0.121. The number of H-pyrrole nitrogens is 1. The molecular weight excluding hydrogens is 428 g/mol. The third-order valence-electron chi connectivity index (χ3n) is 6.82. The summed E-state index contributed by atoms with van der Waals surface area (Å²) in [6.07, 6.45) is 2.31. The van der Waals surface area contributed by atoms with E-state index in [0.29, 0.717) is 29.7 Å². The van der Waals surface area contributed by atoms with Crippen LogP contribution in [0.3, 0.4) is 0 Å². The molecule has 1 aliphatic heterocycles. The summed E-state index contributed by atoms with van der Waals surface area (Å²) in [5.74, 6) is 0.734. The molecule has 3 heterocycles. The Bertz CT molecular complexity index is 1560. The number of amides is 1. The normalized spacial score (nSPS) is 14.6. The van der Waals surface area contributed by atoms with E-state index < -0.39 is 5.41 Å². The Balaban J connectivity index is 1.44. The first kappa shape index (κ1) is 21.8. The number of anilines is 1. The fourth-order valence-electron chi connectivity index (χ4n) is 4.79. The molecule has 0 atom stereocenters. The molecule has 4 aromatic rings. The number of hydrogen-bond donors (Lipinski definition) is 1. The van der Waals surface area contributed by atoms with Gasteiger partial charge in [-0.05, 0) is 73.7 Å². The maximum Gasteiger partial charge on any atom is 0.261 e. The molecule has 0 fully saturated rings. The molecule has 0 saturated heterocycles. The van der Waals surface area contributed by atoms with E-state index in [9.17, 15) is 14.4 Å². The van der Waals surface area contributed by atoms with Gasteiger partial charge in [-0.3, -0.25) is 19.0 Å². The van der Waals surface area contributed by atoms with Crippen LogP contribution in [0.5, 0.6) is 0 Å². The second kappa shape index (κ2) is 7.80. The van der Waals surface area contributed by atoms with Gasteiger partial charge < -0.3 is 9.88 Å². The van der Waals surface area contributed by atoms with Gasteiger partial charge in [-0.25, -0.2) is 4.98 Å². The van der Waals surface area contributed by atoms with Gasteiger partial charge in [0.05, 0.1) is 16.3 Å². The molecule has 2 aromatic heterocycles. The van der Waals surface area contributed by atoms with Gasteiger partial charge in [-0.2, -0.15) is 0 Å². The van der Waals surface area contributed by atoms with Crippen molar-refractivity contribution in [1.82, 2.24) is 14.5 Å². The number of pyridine rings is 1. The van der Waals surface area contributed by atoms with Crippen molar-refractivity contribution in [2.45, 2.75) is 39.2 Å². The van der Waals surface area contributed by atoms with Crippen molar-refractivity contribution >= 4 is 22.5 Å². The summed E-state index contributed by atoms with van der Waals surface area (Å²) in [7, 11) is 1.81. The number of fused-ring (bicyclic) bond motifs is 2. The largest absolute Gasteiger partial charge is 0.328 e. The first-order valence-corrected chi connectivity index (χ1v) is 11.3. The molecule has 0 unspecified atom stereocenters. The third-order valence-corrected chi connectivity index (χ3v) is 6.82. The molecule has 2 aromatic carbocycles. The summed E-state index contributed by atoms with van der Waals surface area (Å²) >= 11 is 0. The Kier molecular flexibility index (Phi) is 5.01. The monoisotopic (exact) mass is 454 g/mol. The molecule has 1 N–H and O–H groups in total. The smallest absolute Gasteiger partial charge is 0.261 e. The molecule has 5 rings (SSSR count). The summed E-state index contributed by atoms with van der Waals surface area (Å²) in [5, 5.41) is 0.555. The van der Waals surface area contributed by atoms with Gasteiger partial charge in [0.2, 0.25) is 11.5 Å². The first-order chi connectivity index (χ1) is 16.2. The van der Waals surface area contributed by atoms with Crippen molar-refractivity contribution in [1.29, 1.82) is 0 Å². The van der Waals surface area contributed by atoms with Crippen LogP contribution in [0.25, 0.3) is 22.0 Å². The zero-order valence-corrected chi connectivity index (χ0v) is 19.7. The molecule has 0 aliphatic carbocycles. The van der Waals surface area contributed by atoms with Crippen molar-refractivity contribution in [2.75, 3.05) is 11.9 Å². The van der Waals surface area contributed by atoms with Crippen molar-refractivity contribution in [3.05, 3.63) is 92.4 Å². The van der Waals surface area contributed by atoms with E-state index in [4.69, 9.17) is 0 Å². The molecule has 0 radical (unpaired) electrons. The fraction of sp³-hybridized carbons (Fsp3) is 0.259. The maximum atomic E-state index is 13.3. The highest BCUT2D eigenvalue weighted by Gasteiger charge is 2.42. The van der Waals surface area contributed by atoms with E-state index in [2.05, 4.69) is 9.97 Å². The minimum absolute atomic E-state index is 0.0786. The minimum Gasteiger partial charge on any atom is -0.328 e. The van der Waals surface area contributed by atoms with Crippen molar-refractivity contribution < 1.29 is 4.79 Å². The van der Waals surface area contributed by atoms with Gasteiger partial charge in [0, 0.05) is 31.5 Å². The molecular formula is C27H26N4O3. The fourth-order valence-corrected chi connectivity index (χ4v) is 4.79. The van der Waals surface area contributed by atoms with E-state index in [1.165, 1.54) is 6.07 Å². The topological polar surface area (TPSA) is 88.1 Å². The average Bonchev–Trinajstić information content (AvgIpc) is 2.99. The minimum atomic E-state index is -0.522.